The minimum absolute atomic E-state index is 0.217. The second kappa shape index (κ2) is 6.16. The van der Waals surface area contributed by atoms with Crippen molar-refractivity contribution in [2.45, 2.75) is 57.2 Å². The van der Waals surface area contributed by atoms with E-state index in [-0.39, 0.29) is 5.91 Å². The molecule has 2 atom stereocenters. The summed E-state index contributed by atoms with van der Waals surface area (Å²) < 4.78 is 1.03. The summed E-state index contributed by atoms with van der Waals surface area (Å²) in [4.78, 5) is 15.8. The fourth-order valence-corrected chi connectivity index (χ4v) is 4.89. The molecule has 1 N–H and O–H groups in total. The Balaban J connectivity index is 1.76. The Morgan fingerprint density at radius 1 is 1.40 bits per heavy atom. The van der Waals surface area contributed by atoms with Crippen molar-refractivity contribution in [2.24, 2.45) is 0 Å². The number of hydrogen-bond acceptors (Lipinski definition) is 3. The van der Waals surface area contributed by atoms with E-state index in [0.717, 1.165) is 34.5 Å². The van der Waals surface area contributed by atoms with Crippen molar-refractivity contribution in [1.29, 1.82) is 0 Å². The van der Waals surface area contributed by atoms with Gasteiger partial charge in [-0.05, 0) is 60.2 Å². The van der Waals surface area contributed by atoms with Gasteiger partial charge in [0.05, 0.1) is 8.66 Å². The largest absolute Gasteiger partial charge is 0.335 e. The Morgan fingerprint density at radius 2 is 2.10 bits per heavy atom. The van der Waals surface area contributed by atoms with Crippen molar-refractivity contribution in [3.05, 3.63) is 20.8 Å². The lowest BCUT2D eigenvalue weighted by Crippen LogP contribution is -2.50. The average molecular weight is 357 g/mol. The van der Waals surface area contributed by atoms with Crippen molar-refractivity contribution in [2.75, 3.05) is 6.54 Å². The van der Waals surface area contributed by atoms with Crippen LogP contribution >= 0.6 is 27.3 Å². The molecule has 3 rings (SSSR count). The van der Waals surface area contributed by atoms with Crippen molar-refractivity contribution in [3.63, 3.8) is 0 Å². The van der Waals surface area contributed by atoms with E-state index in [2.05, 4.69) is 33.1 Å². The molecule has 2 unspecified atom stereocenters. The summed E-state index contributed by atoms with van der Waals surface area (Å²) in [5.74, 6) is 0.217. The molecule has 2 aliphatic rings. The van der Waals surface area contributed by atoms with Gasteiger partial charge in [-0.1, -0.05) is 6.92 Å². The number of hydrogen-bond donors (Lipinski definition) is 1. The number of nitrogens with zero attached hydrogens (tertiary/aromatic N) is 1. The Labute approximate surface area is 132 Å². The summed E-state index contributed by atoms with van der Waals surface area (Å²) >= 11 is 4.99. The fraction of sp³-hybridized carbons (Fsp3) is 0.667. The third-order valence-corrected chi connectivity index (χ3v) is 6.01. The van der Waals surface area contributed by atoms with Crippen LogP contribution in [-0.4, -0.2) is 35.5 Å². The van der Waals surface area contributed by atoms with Gasteiger partial charge in [0, 0.05) is 24.7 Å². The molecular formula is C15H21BrN2OS. The van der Waals surface area contributed by atoms with Crippen LogP contribution in [0.5, 0.6) is 0 Å². The molecule has 2 fully saturated rings. The van der Waals surface area contributed by atoms with Gasteiger partial charge in [-0.25, -0.2) is 0 Å². The van der Waals surface area contributed by atoms with Crippen molar-refractivity contribution in [3.8, 4) is 0 Å². The number of amides is 1. The molecule has 2 bridgehead atoms. The predicted molar refractivity (Wildman–Crippen MR) is 86.3 cm³/mol. The van der Waals surface area contributed by atoms with E-state index in [4.69, 9.17) is 0 Å². The molecule has 1 aromatic rings. The predicted octanol–water partition coefficient (Wildman–Crippen LogP) is 3.65. The zero-order valence-electron chi connectivity index (χ0n) is 11.8. The molecule has 2 saturated heterocycles. The van der Waals surface area contributed by atoms with E-state index in [0.29, 0.717) is 18.1 Å². The van der Waals surface area contributed by atoms with E-state index < -0.39 is 0 Å². The summed E-state index contributed by atoms with van der Waals surface area (Å²) in [6, 6.07) is 5.58. The maximum atomic E-state index is 12.8. The van der Waals surface area contributed by atoms with E-state index >= 15 is 0 Å². The Hall–Kier alpha value is -0.390. The average Bonchev–Trinajstić information content (AvgIpc) is 3.01. The number of thiophene rings is 1. The topological polar surface area (TPSA) is 32.3 Å². The summed E-state index contributed by atoms with van der Waals surface area (Å²) in [6.07, 6.45) is 5.82. The molecule has 20 heavy (non-hydrogen) atoms. The molecule has 3 nitrogen and oxygen atoms in total. The van der Waals surface area contributed by atoms with Gasteiger partial charge in [0.25, 0.3) is 5.91 Å². The van der Waals surface area contributed by atoms with Gasteiger partial charge < -0.3 is 10.2 Å². The molecule has 1 aromatic heterocycles. The minimum atomic E-state index is 0.217. The van der Waals surface area contributed by atoms with Crippen molar-refractivity contribution < 1.29 is 4.79 Å². The normalized spacial score (nSPS) is 28.6. The highest BCUT2D eigenvalue weighted by Gasteiger charge is 2.37. The van der Waals surface area contributed by atoms with E-state index in [1.165, 1.54) is 12.8 Å². The van der Waals surface area contributed by atoms with Gasteiger partial charge >= 0.3 is 0 Å². The van der Waals surface area contributed by atoms with E-state index in [1.807, 2.05) is 12.1 Å². The SMILES string of the molecule is CCCN(C(=O)c1ccc(Br)s1)C1CC2CCC(C1)N2. The van der Waals surface area contributed by atoms with Crippen LogP contribution in [0.25, 0.3) is 0 Å². The summed E-state index contributed by atoms with van der Waals surface area (Å²) in [7, 11) is 0. The zero-order valence-corrected chi connectivity index (χ0v) is 14.2. The zero-order chi connectivity index (χ0) is 14.1. The van der Waals surface area contributed by atoms with Crippen LogP contribution in [0.3, 0.4) is 0 Å². The monoisotopic (exact) mass is 356 g/mol. The highest BCUT2D eigenvalue weighted by Crippen LogP contribution is 2.32. The molecule has 0 spiro atoms. The number of nitrogens with one attached hydrogen (secondary N) is 1. The molecule has 3 heterocycles. The molecule has 0 radical (unpaired) electrons. The van der Waals surface area contributed by atoms with Gasteiger partial charge in [0.15, 0.2) is 0 Å². The van der Waals surface area contributed by atoms with Crippen LogP contribution in [0, 0.1) is 0 Å². The maximum Gasteiger partial charge on any atom is 0.264 e. The first-order valence-electron chi connectivity index (χ1n) is 7.49. The highest BCUT2D eigenvalue weighted by molar-refractivity contribution is 9.11. The summed E-state index contributed by atoms with van der Waals surface area (Å²) in [6.45, 7) is 3.03. The third-order valence-electron chi connectivity index (χ3n) is 4.40. The molecular weight excluding hydrogens is 336 g/mol. The molecule has 1 amide bonds. The smallest absolute Gasteiger partial charge is 0.264 e. The van der Waals surface area contributed by atoms with Crippen LogP contribution in [0.1, 0.15) is 48.7 Å². The van der Waals surface area contributed by atoms with Crippen molar-refractivity contribution >= 4 is 33.2 Å². The number of carbonyl (C=O) groups is 1. The number of fused-ring (bicyclic) bond motifs is 2. The lowest BCUT2D eigenvalue weighted by Gasteiger charge is -2.37. The van der Waals surface area contributed by atoms with Gasteiger partial charge in [0.2, 0.25) is 0 Å². The molecule has 0 aliphatic carbocycles. The summed E-state index contributed by atoms with van der Waals surface area (Å²) in [5, 5.41) is 3.66. The molecule has 110 valence electrons. The Kier molecular flexibility index (Phi) is 4.48. The second-order valence-corrected chi connectivity index (χ2v) is 8.33. The van der Waals surface area contributed by atoms with Gasteiger partial charge in [-0.15, -0.1) is 11.3 Å². The lowest BCUT2D eigenvalue weighted by atomic mass is 9.97. The first-order valence-corrected chi connectivity index (χ1v) is 9.10. The van der Waals surface area contributed by atoms with E-state index in [1.54, 1.807) is 11.3 Å². The standard InChI is InChI=1S/C15H21BrN2OS/c1-2-7-18(15(19)13-5-6-14(16)20-13)12-8-10-3-4-11(9-12)17-10/h5-6,10-12,17H,2-4,7-9H2,1H3. The number of piperidine rings is 1. The van der Waals surface area contributed by atoms with Gasteiger partial charge in [-0.2, -0.15) is 0 Å². The lowest BCUT2D eigenvalue weighted by molar-refractivity contribution is 0.0622. The fourth-order valence-electron chi connectivity index (χ4n) is 3.54. The second-order valence-electron chi connectivity index (χ2n) is 5.87. The van der Waals surface area contributed by atoms with E-state index in [9.17, 15) is 4.79 Å². The molecule has 0 aromatic carbocycles. The van der Waals surface area contributed by atoms with Crippen LogP contribution in [0.15, 0.2) is 15.9 Å². The number of rotatable bonds is 4. The van der Waals surface area contributed by atoms with Crippen molar-refractivity contribution in [1.82, 2.24) is 10.2 Å². The van der Waals surface area contributed by atoms with Crippen LogP contribution in [-0.2, 0) is 0 Å². The van der Waals surface area contributed by atoms with Crippen LogP contribution in [0.2, 0.25) is 0 Å². The molecule has 0 saturated carbocycles. The first kappa shape index (κ1) is 14.5. The van der Waals surface area contributed by atoms with Gasteiger partial charge in [-0.3, -0.25) is 4.79 Å². The number of halogens is 1. The van der Waals surface area contributed by atoms with Gasteiger partial charge in [0.1, 0.15) is 0 Å². The third kappa shape index (κ3) is 2.95. The Morgan fingerprint density at radius 3 is 2.65 bits per heavy atom. The number of carbonyl (C=O) groups excluding carboxylic acids is 1. The molecule has 2 aliphatic heterocycles. The maximum absolute atomic E-state index is 12.8. The minimum Gasteiger partial charge on any atom is -0.335 e. The molecule has 5 heteroatoms. The quantitative estimate of drug-likeness (QED) is 0.892. The Bertz CT molecular complexity index is 478. The summed E-state index contributed by atoms with van der Waals surface area (Å²) in [5.41, 5.74) is 0. The highest BCUT2D eigenvalue weighted by atomic mass is 79.9. The van der Waals surface area contributed by atoms with Crippen LogP contribution < -0.4 is 5.32 Å². The van der Waals surface area contributed by atoms with Crippen LogP contribution in [0.4, 0.5) is 0 Å². The first-order chi connectivity index (χ1) is 9.67.